The maximum atomic E-state index is 13.1. The van der Waals surface area contributed by atoms with Crippen molar-refractivity contribution in [3.63, 3.8) is 0 Å². The average Bonchev–Trinajstić information content (AvgIpc) is 3.63. The first kappa shape index (κ1) is 28.7. The summed E-state index contributed by atoms with van der Waals surface area (Å²) in [6, 6.07) is 11.4. The van der Waals surface area contributed by atoms with Gasteiger partial charge in [-0.1, -0.05) is 25.1 Å². The zero-order valence-corrected chi connectivity index (χ0v) is 24.2. The molecule has 0 spiro atoms. The highest BCUT2D eigenvalue weighted by molar-refractivity contribution is 5.95. The second-order valence-corrected chi connectivity index (χ2v) is 10.1. The van der Waals surface area contributed by atoms with Gasteiger partial charge in [-0.05, 0) is 61.2 Å². The van der Waals surface area contributed by atoms with Gasteiger partial charge in [-0.25, -0.2) is 9.78 Å². The van der Waals surface area contributed by atoms with E-state index in [9.17, 15) is 9.59 Å². The number of ether oxygens (including phenoxy) is 2. The van der Waals surface area contributed by atoms with Crippen molar-refractivity contribution in [2.75, 3.05) is 24.6 Å². The van der Waals surface area contributed by atoms with Gasteiger partial charge >= 0.3 is 6.16 Å². The molecule has 1 N–H and O–H groups in total. The summed E-state index contributed by atoms with van der Waals surface area (Å²) in [6.07, 6.45) is 4.30. The Morgan fingerprint density at radius 1 is 1.17 bits per heavy atom. The van der Waals surface area contributed by atoms with Gasteiger partial charge in [0.2, 0.25) is 12.1 Å². The number of aryl methyl sites for hydroxylation is 2. The van der Waals surface area contributed by atoms with E-state index < -0.39 is 12.4 Å². The Morgan fingerprint density at radius 3 is 2.71 bits per heavy atom. The molecular formula is C29H35N9O4. The molecule has 42 heavy (non-hydrogen) atoms. The summed E-state index contributed by atoms with van der Waals surface area (Å²) >= 11 is 0. The van der Waals surface area contributed by atoms with Gasteiger partial charge in [0.15, 0.2) is 0 Å². The molecule has 1 aliphatic heterocycles. The molecule has 2 atom stereocenters. The van der Waals surface area contributed by atoms with Crippen LogP contribution in [0.2, 0.25) is 0 Å². The largest absolute Gasteiger partial charge is 0.510 e. The maximum Gasteiger partial charge on any atom is 0.510 e. The summed E-state index contributed by atoms with van der Waals surface area (Å²) in [5.74, 6) is 1.18. The van der Waals surface area contributed by atoms with Crippen LogP contribution in [-0.4, -0.2) is 72.8 Å². The number of hydrogen-bond donors (Lipinski definition) is 1. The fourth-order valence-electron chi connectivity index (χ4n) is 5.08. The van der Waals surface area contributed by atoms with Crippen LogP contribution in [-0.2, 0) is 16.5 Å². The highest BCUT2D eigenvalue weighted by atomic mass is 16.7. The SMILES string of the molecule is CCOC(=O)OC(CC)n1nnc(-c2c(-c3ccc(C(=O)N[C@@H]4CCCN(c5ncccc5C)C4)cc3)cnn2C)n1. The smallest absolute Gasteiger partial charge is 0.435 e. The lowest BCUT2D eigenvalue weighted by molar-refractivity contribution is -0.0158. The summed E-state index contributed by atoms with van der Waals surface area (Å²) in [5, 5.41) is 20.3. The second kappa shape index (κ2) is 12.8. The van der Waals surface area contributed by atoms with Crippen molar-refractivity contribution in [2.24, 2.45) is 7.05 Å². The van der Waals surface area contributed by atoms with Crippen molar-refractivity contribution in [3.8, 4) is 22.6 Å². The molecule has 1 saturated heterocycles. The maximum absolute atomic E-state index is 13.1. The van der Waals surface area contributed by atoms with E-state index in [4.69, 9.17) is 9.47 Å². The zero-order chi connectivity index (χ0) is 29.6. The van der Waals surface area contributed by atoms with Gasteiger partial charge in [0.25, 0.3) is 5.91 Å². The van der Waals surface area contributed by atoms with Gasteiger partial charge in [0.05, 0.1) is 12.8 Å². The number of benzene rings is 1. The highest BCUT2D eigenvalue weighted by Gasteiger charge is 2.25. The highest BCUT2D eigenvalue weighted by Crippen LogP contribution is 2.30. The minimum Gasteiger partial charge on any atom is -0.435 e. The molecule has 13 nitrogen and oxygen atoms in total. The van der Waals surface area contributed by atoms with Crippen LogP contribution in [0.1, 0.15) is 55.3 Å². The third-order valence-corrected chi connectivity index (χ3v) is 7.18. The van der Waals surface area contributed by atoms with Crippen molar-refractivity contribution in [1.29, 1.82) is 0 Å². The number of pyridine rings is 1. The van der Waals surface area contributed by atoms with Crippen LogP contribution in [0, 0.1) is 6.92 Å². The summed E-state index contributed by atoms with van der Waals surface area (Å²) in [4.78, 5) is 33.0. The van der Waals surface area contributed by atoms with Crippen LogP contribution in [0.15, 0.2) is 48.8 Å². The molecule has 1 aliphatic rings. The molecule has 0 aliphatic carbocycles. The Labute approximate surface area is 243 Å². The summed E-state index contributed by atoms with van der Waals surface area (Å²) in [7, 11) is 1.79. The fraction of sp³-hybridized carbons (Fsp3) is 0.414. The number of anilines is 1. The van der Waals surface area contributed by atoms with Crippen molar-refractivity contribution >= 4 is 17.9 Å². The van der Waals surface area contributed by atoms with Gasteiger partial charge in [0.1, 0.15) is 11.5 Å². The normalized spacial score (nSPS) is 15.7. The minimum absolute atomic E-state index is 0.0331. The number of amides is 1. The molecule has 13 heteroatoms. The van der Waals surface area contributed by atoms with Gasteiger partial charge < -0.3 is 19.7 Å². The number of aromatic nitrogens is 7. The quantitative estimate of drug-likeness (QED) is 0.293. The van der Waals surface area contributed by atoms with Crippen LogP contribution in [0.5, 0.6) is 0 Å². The van der Waals surface area contributed by atoms with Crippen molar-refractivity contribution in [1.82, 2.24) is 40.3 Å². The lowest BCUT2D eigenvalue weighted by Gasteiger charge is -2.34. The predicted molar refractivity (Wildman–Crippen MR) is 155 cm³/mol. The Kier molecular flexibility index (Phi) is 8.74. The van der Waals surface area contributed by atoms with Gasteiger partial charge in [-0.15, -0.1) is 15.0 Å². The Hall–Kier alpha value is -4.81. The first-order valence-corrected chi connectivity index (χ1v) is 14.1. The molecule has 1 amide bonds. The van der Waals surface area contributed by atoms with Crippen molar-refractivity contribution in [3.05, 3.63) is 59.9 Å². The third-order valence-electron chi connectivity index (χ3n) is 7.18. The minimum atomic E-state index is -0.794. The van der Waals surface area contributed by atoms with Crippen LogP contribution >= 0.6 is 0 Å². The predicted octanol–water partition coefficient (Wildman–Crippen LogP) is 3.92. The monoisotopic (exact) mass is 573 g/mol. The molecule has 1 fully saturated rings. The van der Waals surface area contributed by atoms with E-state index in [-0.39, 0.29) is 18.6 Å². The molecule has 1 unspecified atom stereocenters. The molecule has 220 valence electrons. The standard InChI is InChI=1S/C29H35N9O4/c1-5-24(42-29(40)41-6-2)38-34-26(33-35-38)25-23(17-31-36(25)4)20-11-13-21(14-12-20)28(39)32-22-10-8-16-37(18-22)27-19(3)9-7-15-30-27/h7,9,11-15,17,22,24H,5-6,8,10,16,18H2,1-4H3,(H,32,39)/t22-,24?/m1/s1. The molecule has 5 rings (SSSR count). The molecule has 0 bridgehead atoms. The number of piperidine rings is 1. The van der Waals surface area contributed by atoms with E-state index in [1.807, 2.05) is 25.1 Å². The van der Waals surface area contributed by atoms with Crippen LogP contribution in [0.3, 0.4) is 0 Å². The number of tetrazole rings is 1. The molecule has 0 radical (unpaired) electrons. The first-order valence-electron chi connectivity index (χ1n) is 14.1. The molecular weight excluding hydrogens is 538 g/mol. The van der Waals surface area contributed by atoms with Crippen LogP contribution in [0.4, 0.5) is 10.6 Å². The van der Waals surface area contributed by atoms with Crippen molar-refractivity contribution in [2.45, 2.75) is 52.3 Å². The fourth-order valence-corrected chi connectivity index (χ4v) is 5.08. The Balaban J connectivity index is 1.28. The van der Waals surface area contributed by atoms with E-state index >= 15 is 0 Å². The van der Waals surface area contributed by atoms with Crippen molar-refractivity contribution < 1.29 is 19.1 Å². The summed E-state index contributed by atoms with van der Waals surface area (Å²) in [5.41, 5.74) is 3.95. The number of nitrogens with zero attached hydrogens (tertiary/aromatic N) is 8. The Morgan fingerprint density at radius 2 is 1.98 bits per heavy atom. The zero-order valence-electron chi connectivity index (χ0n) is 24.2. The third kappa shape index (κ3) is 6.24. The lowest BCUT2D eigenvalue weighted by atomic mass is 10.0. The first-order chi connectivity index (χ1) is 20.4. The van der Waals surface area contributed by atoms with E-state index in [1.165, 1.54) is 4.80 Å². The number of rotatable bonds is 9. The number of nitrogens with one attached hydrogen (secondary N) is 1. The number of carbonyl (C=O) groups excluding carboxylic acids is 2. The molecule has 1 aromatic carbocycles. The summed E-state index contributed by atoms with van der Waals surface area (Å²) in [6.45, 7) is 7.44. The van der Waals surface area contributed by atoms with Crippen LogP contribution in [0.25, 0.3) is 22.6 Å². The lowest BCUT2D eigenvalue weighted by Crippen LogP contribution is -2.48. The van der Waals surface area contributed by atoms with E-state index in [2.05, 4.69) is 48.7 Å². The molecule has 4 heterocycles. The molecule has 3 aromatic heterocycles. The topological polar surface area (TPSA) is 142 Å². The van der Waals surface area contributed by atoms with E-state index in [0.29, 0.717) is 23.5 Å². The average molecular weight is 574 g/mol. The summed E-state index contributed by atoms with van der Waals surface area (Å²) < 4.78 is 11.8. The van der Waals surface area contributed by atoms with Gasteiger partial charge in [0, 0.05) is 49.9 Å². The number of carbonyl (C=O) groups is 2. The molecule has 0 saturated carbocycles. The second-order valence-electron chi connectivity index (χ2n) is 10.1. The van der Waals surface area contributed by atoms with E-state index in [1.54, 1.807) is 43.2 Å². The number of hydrogen-bond acceptors (Lipinski definition) is 10. The van der Waals surface area contributed by atoms with E-state index in [0.717, 1.165) is 48.4 Å². The molecule has 4 aromatic rings. The van der Waals surface area contributed by atoms with Gasteiger partial charge in [-0.3, -0.25) is 9.48 Å². The van der Waals surface area contributed by atoms with Gasteiger partial charge in [-0.2, -0.15) is 5.10 Å². The van der Waals surface area contributed by atoms with Crippen LogP contribution < -0.4 is 10.2 Å². The Bertz CT molecular complexity index is 1530.